The van der Waals surface area contributed by atoms with Gasteiger partial charge in [-0.3, -0.25) is 9.52 Å². The number of ether oxygens (including phenoxy) is 2. The zero-order valence-corrected chi connectivity index (χ0v) is 21.2. The minimum Gasteiger partial charge on any atom is -0.493 e. The van der Waals surface area contributed by atoms with Crippen LogP contribution in [0.15, 0.2) is 41.3 Å². The van der Waals surface area contributed by atoms with Crippen molar-refractivity contribution in [1.29, 1.82) is 0 Å². The molecule has 1 aliphatic heterocycles. The number of amides is 1. The summed E-state index contributed by atoms with van der Waals surface area (Å²) in [5, 5.41) is 3.43. The van der Waals surface area contributed by atoms with Crippen molar-refractivity contribution >= 4 is 21.6 Å². The zero-order chi connectivity index (χ0) is 24.7. The highest BCUT2D eigenvalue weighted by Gasteiger charge is 2.28. The van der Waals surface area contributed by atoms with Gasteiger partial charge >= 0.3 is 0 Å². The Hall–Kier alpha value is -2.78. The Labute approximate surface area is 202 Å². The van der Waals surface area contributed by atoms with Crippen LogP contribution in [0.5, 0.6) is 11.5 Å². The van der Waals surface area contributed by atoms with Gasteiger partial charge in [0.05, 0.1) is 24.8 Å². The Balaban J connectivity index is 1.88. The second kappa shape index (κ2) is 11.6. The molecule has 1 amide bonds. The van der Waals surface area contributed by atoms with Crippen molar-refractivity contribution in [3.8, 4) is 11.5 Å². The third-order valence-corrected chi connectivity index (χ3v) is 7.56. The van der Waals surface area contributed by atoms with Gasteiger partial charge < -0.3 is 19.7 Å². The average Bonchev–Trinajstić information content (AvgIpc) is 3.08. The fourth-order valence-electron chi connectivity index (χ4n) is 4.22. The van der Waals surface area contributed by atoms with Crippen molar-refractivity contribution < 1.29 is 22.7 Å². The summed E-state index contributed by atoms with van der Waals surface area (Å²) in [7, 11) is -0.969. The van der Waals surface area contributed by atoms with E-state index in [1.54, 1.807) is 31.2 Å². The number of anilines is 1. The summed E-state index contributed by atoms with van der Waals surface area (Å²) in [6, 6.07) is 9.68. The van der Waals surface area contributed by atoms with E-state index in [0.29, 0.717) is 34.9 Å². The molecule has 1 atom stereocenters. The van der Waals surface area contributed by atoms with Crippen molar-refractivity contribution in [1.82, 2.24) is 10.2 Å². The van der Waals surface area contributed by atoms with Gasteiger partial charge in [0.15, 0.2) is 11.5 Å². The van der Waals surface area contributed by atoms with Crippen molar-refractivity contribution in [2.75, 3.05) is 38.6 Å². The highest BCUT2D eigenvalue weighted by molar-refractivity contribution is 7.92. The van der Waals surface area contributed by atoms with Gasteiger partial charge in [0.2, 0.25) is 0 Å². The van der Waals surface area contributed by atoms with Gasteiger partial charge in [-0.05, 0) is 56.1 Å². The molecule has 1 saturated heterocycles. The smallest absolute Gasteiger partial charge is 0.262 e. The van der Waals surface area contributed by atoms with Gasteiger partial charge in [0.25, 0.3) is 15.9 Å². The summed E-state index contributed by atoms with van der Waals surface area (Å²) in [6.45, 7) is 6.26. The Morgan fingerprint density at radius 3 is 2.65 bits per heavy atom. The third kappa shape index (κ3) is 5.82. The number of methoxy groups -OCH3 is 2. The molecule has 0 radical (unpaired) electrons. The molecule has 0 aromatic heterocycles. The van der Waals surface area contributed by atoms with E-state index in [4.69, 9.17) is 9.47 Å². The topological polar surface area (TPSA) is 97.0 Å². The molecule has 3 rings (SSSR count). The van der Waals surface area contributed by atoms with Gasteiger partial charge in [-0.2, -0.15) is 0 Å². The molecule has 2 N–H and O–H groups in total. The summed E-state index contributed by atoms with van der Waals surface area (Å²) in [6.07, 6.45) is 3.96. The molecule has 0 aliphatic carbocycles. The van der Waals surface area contributed by atoms with Crippen molar-refractivity contribution in [3.63, 3.8) is 0 Å². The number of carbonyl (C=O) groups is 1. The molecule has 2 aromatic carbocycles. The molecular weight excluding hydrogens is 454 g/mol. The van der Waals surface area contributed by atoms with E-state index >= 15 is 0 Å². The van der Waals surface area contributed by atoms with Crippen molar-refractivity contribution in [2.24, 2.45) is 0 Å². The van der Waals surface area contributed by atoms with Crippen molar-refractivity contribution in [2.45, 2.75) is 50.5 Å². The first-order valence-corrected chi connectivity index (χ1v) is 13.2. The van der Waals surface area contributed by atoms with Crippen molar-refractivity contribution in [3.05, 3.63) is 47.5 Å². The van der Waals surface area contributed by atoms with Crippen LogP contribution < -0.4 is 19.5 Å². The molecule has 1 fully saturated rings. The van der Waals surface area contributed by atoms with Crippen LogP contribution in [-0.4, -0.2) is 59.1 Å². The highest BCUT2D eigenvalue weighted by atomic mass is 32.2. The lowest BCUT2D eigenvalue weighted by Crippen LogP contribution is -2.43. The maximum Gasteiger partial charge on any atom is 0.262 e. The van der Waals surface area contributed by atoms with Crippen LogP contribution in [0, 0.1) is 6.92 Å². The van der Waals surface area contributed by atoms with Crippen LogP contribution in [0.25, 0.3) is 0 Å². The molecule has 0 saturated carbocycles. The minimum atomic E-state index is -3.91. The first-order chi connectivity index (χ1) is 16.3. The number of sulfonamides is 1. The van der Waals surface area contributed by atoms with Crippen LogP contribution in [0.4, 0.5) is 5.69 Å². The van der Waals surface area contributed by atoms with Crippen LogP contribution in [0.1, 0.15) is 48.5 Å². The lowest BCUT2D eigenvalue weighted by Gasteiger charge is -2.30. The highest BCUT2D eigenvalue weighted by Crippen LogP contribution is 2.31. The maximum absolute atomic E-state index is 13.6. The fourth-order valence-corrected chi connectivity index (χ4v) is 5.36. The second-order valence-corrected chi connectivity index (χ2v) is 10.1. The molecule has 0 spiro atoms. The van der Waals surface area contributed by atoms with E-state index in [1.807, 2.05) is 4.90 Å². The molecule has 34 heavy (non-hydrogen) atoms. The number of nitrogens with zero attached hydrogens (tertiary/aromatic N) is 1. The van der Waals surface area contributed by atoms with E-state index in [-0.39, 0.29) is 16.8 Å². The van der Waals surface area contributed by atoms with Gasteiger partial charge in [-0.25, -0.2) is 8.42 Å². The third-order valence-electron chi connectivity index (χ3n) is 6.20. The molecule has 2 aromatic rings. The molecule has 9 heteroatoms. The maximum atomic E-state index is 13.6. The van der Waals surface area contributed by atoms with Gasteiger partial charge in [-0.1, -0.05) is 25.8 Å². The van der Waals surface area contributed by atoms with E-state index in [9.17, 15) is 13.2 Å². The Morgan fingerprint density at radius 1 is 1.18 bits per heavy atom. The van der Waals surface area contributed by atoms with Gasteiger partial charge in [0, 0.05) is 30.8 Å². The van der Waals surface area contributed by atoms with Crippen LogP contribution in [0.2, 0.25) is 0 Å². The van der Waals surface area contributed by atoms with Crippen LogP contribution >= 0.6 is 0 Å². The predicted molar refractivity (Wildman–Crippen MR) is 133 cm³/mol. The first kappa shape index (κ1) is 25.8. The summed E-state index contributed by atoms with van der Waals surface area (Å²) in [5.41, 5.74) is 1.48. The number of rotatable bonds is 9. The molecule has 1 unspecified atom stereocenters. The molecule has 1 aliphatic rings. The predicted octanol–water partition coefficient (Wildman–Crippen LogP) is 3.81. The van der Waals surface area contributed by atoms with E-state index in [1.165, 1.54) is 26.4 Å². The largest absolute Gasteiger partial charge is 0.493 e. The summed E-state index contributed by atoms with van der Waals surface area (Å²) >= 11 is 0. The quantitative estimate of drug-likeness (QED) is 0.556. The number of nitrogens with one attached hydrogen (secondary N) is 2. The summed E-state index contributed by atoms with van der Waals surface area (Å²) in [5.74, 6) is 0.697. The number of carbonyl (C=O) groups excluding carboxylic acids is 1. The number of hydrogen-bond acceptors (Lipinski definition) is 6. The molecule has 1 heterocycles. The Morgan fingerprint density at radius 2 is 1.94 bits per heavy atom. The number of hydrogen-bond donors (Lipinski definition) is 2. The summed E-state index contributed by atoms with van der Waals surface area (Å²) in [4.78, 5) is 15.6. The van der Waals surface area contributed by atoms with Gasteiger partial charge in [-0.15, -0.1) is 0 Å². The molecule has 0 bridgehead atoms. The standard InChI is InChI=1S/C25H35N3O5S/c1-5-6-9-19-17-26-14-8-15-28(19)25(29)21-10-7-11-22(18(21)2)27-34(30,31)20-12-13-23(32-3)24(16-20)33-4/h7,10-13,16,19,26-27H,5-6,8-9,14-15,17H2,1-4H3. The van der Waals surface area contributed by atoms with E-state index < -0.39 is 10.0 Å². The average molecular weight is 490 g/mol. The molecule has 8 nitrogen and oxygen atoms in total. The Kier molecular flexibility index (Phi) is 8.79. The molecule has 186 valence electrons. The van der Waals surface area contributed by atoms with E-state index in [0.717, 1.165) is 38.8 Å². The fraction of sp³-hybridized carbons (Fsp3) is 0.480. The zero-order valence-electron chi connectivity index (χ0n) is 20.4. The number of benzene rings is 2. The van der Waals surface area contributed by atoms with Crippen LogP contribution in [-0.2, 0) is 10.0 Å². The second-order valence-electron chi connectivity index (χ2n) is 8.45. The lowest BCUT2D eigenvalue weighted by molar-refractivity contribution is 0.0681. The lowest BCUT2D eigenvalue weighted by atomic mass is 10.0. The van der Waals surface area contributed by atoms with Gasteiger partial charge in [0.1, 0.15) is 0 Å². The van der Waals surface area contributed by atoms with E-state index in [2.05, 4.69) is 17.0 Å². The summed E-state index contributed by atoms with van der Waals surface area (Å²) < 4.78 is 39.3. The van der Waals surface area contributed by atoms with Crippen LogP contribution in [0.3, 0.4) is 0 Å². The normalized spacial score (nSPS) is 16.6. The first-order valence-electron chi connectivity index (χ1n) is 11.7. The monoisotopic (exact) mass is 489 g/mol. The Bertz CT molecular complexity index is 1100. The SMILES string of the molecule is CCCCC1CNCCCN1C(=O)c1cccc(NS(=O)(=O)c2ccc(OC)c(OC)c2)c1C. The number of unbranched alkanes of at least 4 members (excludes halogenated alkanes) is 1. The minimum absolute atomic E-state index is 0.0412. The molecular formula is C25H35N3O5S.